The first-order chi connectivity index (χ1) is 20.5. The van der Waals surface area contributed by atoms with Crippen molar-refractivity contribution >= 4 is 27.1 Å². The van der Waals surface area contributed by atoms with E-state index < -0.39 is 33.9 Å². The SMILES string of the molecule is COc1ccc(S(=O)(=O)N(CC(C)C)C[C@@H](O)[C@H](Cc2ccccc2)NC(=O)Oc2ccc3c(C)cc(=O)oc3c2)cc1. The fourth-order valence-electron chi connectivity index (χ4n) is 4.72. The molecule has 10 nitrogen and oxygen atoms in total. The molecule has 1 amide bonds. The highest BCUT2D eigenvalue weighted by Gasteiger charge is 2.31. The largest absolute Gasteiger partial charge is 0.497 e. The molecule has 0 saturated carbocycles. The molecule has 0 radical (unpaired) electrons. The minimum absolute atomic E-state index is 0.0395. The van der Waals surface area contributed by atoms with Gasteiger partial charge in [-0.2, -0.15) is 4.31 Å². The number of amides is 1. The third kappa shape index (κ3) is 8.22. The van der Waals surface area contributed by atoms with Gasteiger partial charge in [-0.05, 0) is 66.8 Å². The average molecular weight is 609 g/mol. The smallest absolute Gasteiger partial charge is 0.412 e. The fourth-order valence-corrected chi connectivity index (χ4v) is 6.34. The maximum Gasteiger partial charge on any atom is 0.412 e. The van der Waals surface area contributed by atoms with Crippen molar-refractivity contribution in [3.8, 4) is 11.5 Å². The Kier molecular flexibility index (Phi) is 10.2. The number of carbonyl (C=O) groups excluding carboxylic acids is 1. The van der Waals surface area contributed by atoms with Crippen molar-refractivity contribution in [3.63, 3.8) is 0 Å². The topological polar surface area (TPSA) is 135 Å². The molecule has 0 spiro atoms. The second-order valence-electron chi connectivity index (χ2n) is 10.7. The van der Waals surface area contributed by atoms with E-state index in [-0.39, 0.29) is 41.7 Å². The number of aryl methyl sites for hydroxylation is 1. The van der Waals surface area contributed by atoms with Gasteiger partial charge in [0.2, 0.25) is 10.0 Å². The van der Waals surface area contributed by atoms with Gasteiger partial charge in [-0.15, -0.1) is 0 Å². The van der Waals surface area contributed by atoms with Gasteiger partial charge in [-0.1, -0.05) is 44.2 Å². The summed E-state index contributed by atoms with van der Waals surface area (Å²) < 4.78 is 44.4. The molecule has 0 unspecified atom stereocenters. The van der Waals surface area contributed by atoms with Crippen LogP contribution in [-0.4, -0.2) is 56.3 Å². The van der Waals surface area contributed by atoms with Crippen molar-refractivity contribution in [2.24, 2.45) is 5.92 Å². The summed E-state index contributed by atoms with van der Waals surface area (Å²) in [5, 5.41) is 14.8. The van der Waals surface area contributed by atoms with E-state index in [1.54, 1.807) is 31.2 Å². The second-order valence-corrected chi connectivity index (χ2v) is 12.6. The van der Waals surface area contributed by atoms with Crippen LogP contribution in [0, 0.1) is 12.8 Å². The number of rotatable bonds is 12. The molecule has 2 atom stereocenters. The summed E-state index contributed by atoms with van der Waals surface area (Å²) in [6.07, 6.45) is -1.94. The number of methoxy groups -OCH3 is 1. The highest BCUT2D eigenvalue weighted by Crippen LogP contribution is 2.24. The third-order valence-electron chi connectivity index (χ3n) is 6.86. The van der Waals surface area contributed by atoms with Crippen LogP contribution in [0.15, 0.2) is 93.0 Å². The van der Waals surface area contributed by atoms with Gasteiger partial charge in [-0.25, -0.2) is 18.0 Å². The lowest BCUT2D eigenvalue weighted by Gasteiger charge is -2.30. The van der Waals surface area contributed by atoms with Crippen LogP contribution in [0.25, 0.3) is 11.0 Å². The molecule has 2 N–H and O–H groups in total. The zero-order chi connectivity index (χ0) is 31.1. The molecule has 1 aromatic heterocycles. The Balaban J connectivity index is 1.57. The predicted octanol–water partition coefficient (Wildman–Crippen LogP) is 4.52. The Hall–Kier alpha value is -4.19. The van der Waals surface area contributed by atoms with Crippen LogP contribution in [0.2, 0.25) is 0 Å². The first kappa shape index (κ1) is 31.7. The van der Waals surface area contributed by atoms with Crippen LogP contribution in [-0.2, 0) is 16.4 Å². The molecule has 4 aromatic rings. The molecule has 0 bridgehead atoms. The number of hydrogen-bond donors (Lipinski definition) is 2. The predicted molar refractivity (Wildman–Crippen MR) is 163 cm³/mol. The molecule has 11 heteroatoms. The minimum Gasteiger partial charge on any atom is -0.497 e. The molecule has 0 aliphatic carbocycles. The minimum atomic E-state index is -3.99. The summed E-state index contributed by atoms with van der Waals surface area (Å²) in [7, 11) is -2.50. The van der Waals surface area contributed by atoms with Gasteiger partial charge in [0.25, 0.3) is 0 Å². The first-order valence-corrected chi connectivity index (χ1v) is 15.3. The molecule has 228 valence electrons. The summed E-state index contributed by atoms with van der Waals surface area (Å²) >= 11 is 0. The number of carbonyl (C=O) groups is 1. The fraction of sp³-hybridized carbons (Fsp3) is 0.312. The lowest BCUT2D eigenvalue weighted by atomic mass is 10.0. The number of hydrogen-bond acceptors (Lipinski definition) is 8. The molecule has 0 fully saturated rings. The number of sulfonamides is 1. The Morgan fingerprint density at radius 3 is 2.30 bits per heavy atom. The molecule has 0 aliphatic rings. The van der Waals surface area contributed by atoms with Crippen molar-refractivity contribution in [2.75, 3.05) is 20.2 Å². The van der Waals surface area contributed by atoms with E-state index in [1.807, 2.05) is 44.2 Å². The van der Waals surface area contributed by atoms with Gasteiger partial charge in [0.05, 0.1) is 24.2 Å². The van der Waals surface area contributed by atoms with Crippen LogP contribution in [0.4, 0.5) is 4.79 Å². The average Bonchev–Trinajstić information content (AvgIpc) is 2.96. The van der Waals surface area contributed by atoms with E-state index in [0.717, 1.165) is 11.1 Å². The van der Waals surface area contributed by atoms with Crippen molar-refractivity contribution in [3.05, 3.63) is 100 Å². The summed E-state index contributed by atoms with van der Waals surface area (Å²) in [6.45, 7) is 5.42. The van der Waals surface area contributed by atoms with Gasteiger partial charge in [0, 0.05) is 30.6 Å². The van der Waals surface area contributed by atoms with Crippen molar-refractivity contribution in [1.29, 1.82) is 0 Å². The van der Waals surface area contributed by atoms with E-state index in [9.17, 15) is 23.1 Å². The molecular formula is C32H36N2O8S. The quantitative estimate of drug-likeness (QED) is 0.224. The maximum atomic E-state index is 13.6. The molecule has 4 rings (SSSR count). The summed E-state index contributed by atoms with van der Waals surface area (Å²) in [5.41, 5.74) is 1.30. The Morgan fingerprint density at radius 1 is 0.977 bits per heavy atom. The van der Waals surface area contributed by atoms with Gasteiger partial charge in [0.1, 0.15) is 17.1 Å². The van der Waals surface area contributed by atoms with Crippen LogP contribution in [0.5, 0.6) is 11.5 Å². The number of ether oxygens (including phenoxy) is 2. The normalized spacial score (nSPS) is 13.2. The van der Waals surface area contributed by atoms with Crippen LogP contribution in [0.1, 0.15) is 25.0 Å². The Bertz CT molecular complexity index is 1700. The second kappa shape index (κ2) is 13.9. The van der Waals surface area contributed by atoms with E-state index in [0.29, 0.717) is 11.1 Å². The van der Waals surface area contributed by atoms with Crippen LogP contribution in [0.3, 0.4) is 0 Å². The van der Waals surface area contributed by atoms with E-state index in [1.165, 1.54) is 35.7 Å². The standard InChI is InChI=1S/C32H36N2O8S/c1-21(2)19-34(43(38,39)26-13-10-24(40-4)11-14-26)20-29(35)28(17-23-8-6-5-7-9-23)33-32(37)41-25-12-15-27-22(3)16-31(36)42-30(27)18-25/h5-16,18,21,28-29,35H,17,19-20H2,1-4H3,(H,33,37)/t28-,29+/m0/s1. The number of nitrogens with zero attached hydrogens (tertiary/aromatic N) is 1. The van der Waals surface area contributed by atoms with E-state index >= 15 is 0 Å². The highest BCUT2D eigenvalue weighted by atomic mass is 32.2. The van der Waals surface area contributed by atoms with Crippen LogP contribution < -0.4 is 20.4 Å². The van der Waals surface area contributed by atoms with Gasteiger partial charge in [-0.3, -0.25) is 0 Å². The van der Waals surface area contributed by atoms with Gasteiger partial charge < -0.3 is 24.3 Å². The summed E-state index contributed by atoms with van der Waals surface area (Å²) in [4.78, 5) is 24.9. The monoisotopic (exact) mass is 608 g/mol. The van der Waals surface area contributed by atoms with Crippen molar-refractivity contribution in [1.82, 2.24) is 9.62 Å². The Labute approximate surface area is 250 Å². The third-order valence-corrected chi connectivity index (χ3v) is 8.70. The van der Waals surface area contributed by atoms with Crippen molar-refractivity contribution < 1.29 is 32.2 Å². The van der Waals surface area contributed by atoms with E-state index in [2.05, 4.69) is 5.32 Å². The van der Waals surface area contributed by atoms with Gasteiger partial charge in [0.15, 0.2) is 0 Å². The zero-order valence-corrected chi connectivity index (χ0v) is 25.3. The lowest BCUT2D eigenvalue weighted by Crippen LogP contribution is -2.51. The Morgan fingerprint density at radius 2 is 1.65 bits per heavy atom. The maximum absolute atomic E-state index is 13.6. The number of aliphatic hydroxyl groups is 1. The number of nitrogens with one attached hydrogen (secondary N) is 1. The van der Waals surface area contributed by atoms with Crippen LogP contribution >= 0.6 is 0 Å². The van der Waals surface area contributed by atoms with Gasteiger partial charge >= 0.3 is 11.7 Å². The molecule has 0 aliphatic heterocycles. The first-order valence-electron chi connectivity index (χ1n) is 13.9. The molecule has 0 saturated heterocycles. The number of fused-ring (bicyclic) bond motifs is 1. The molecule has 1 heterocycles. The molecular weight excluding hydrogens is 572 g/mol. The summed E-state index contributed by atoms with van der Waals surface area (Å²) in [6, 6.07) is 20.4. The van der Waals surface area contributed by atoms with E-state index in [4.69, 9.17) is 13.9 Å². The highest BCUT2D eigenvalue weighted by molar-refractivity contribution is 7.89. The summed E-state index contributed by atoms with van der Waals surface area (Å²) in [5.74, 6) is 0.612. The molecule has 43 heavy (non-hydrogen) atoms. The molecule has 3 aromatic carbocycles. The van der Waals surface area contributed by atoms with Crippen molar-refractivity contribution in [2.45, 2.75) is 44.2 Å². The number of aliphatic hydroxyl groups excluding tert-OH is 1. The number of benzene rings is 3. The lowest BCUT2D eigenvalue weighted by molar-refractivity contribution is 0.0991. The zero-order valence-electron chi connectivity index (χ0n) is 24.5.